The van der Waals surface area contributed by atoms with Gasteiger partial charge in [-0.05, 0) is 17.3 Å². The molecule has 0 aliphatic carbocycles. The predicted molar refractivity (Wildman–Crippen MR) is 47.8 cm³/mol. The third kappa shape index (κ3) is 8.68. The molecule has 0 aromatic heterocycles. The molecule has 0 unspecified atom stereocenters. The summed E-state index contributed by atoms with van der Waals surface area (Å²) in [6, 6.07) is 0. The number of alkyl halides is 1. The highest BCUT2D eigenvalue weighted by atomic mass is 127. The van der Waals surface area contributed by atoms with Crippen LogP contribution >= 0.6 is 22.6 Å². The van der Waals surface area contributed by atoms with Crippen LogP contribution in [-0.2, 0) is 9.84 Å². The number of halogens is 1. The highest BCUT2D eigenvalue weighted by molar-refractivity contribution is 14.1. The van der Waals surface area contributed by atoms with E-state index in [1.807, 2.05) is 0 Å². The van der Waals surface area contributed by atoms with E-state index in [0.717, 1.165) is 17.3 Å². The van der Waals surface area contributed by atoms with E-state index in [9.17, 15) is 8.42 Å². The number of rotatable bonds is 4. The second kappa shape index (κ2) is 4.49. The summed E-state index contributed by atoms with van der Waals surface area (Å²) in [5.41, 5.74) is 0. The lowest BCUT2D eigenvalue weighted by atomic mass is 10.4. The van der Waals surface area contributed by atoms with Crippen molar-refractivity contribution in [3.8, 4) is 0 Å². The number of hydrogen-bond donors (Lipinski definition) is 0. The van der Waals surface area contributed by atoms with Gasteiger partial charge >= 0.3 is 0 Å². The highest BCUT2D eigenvalue weighted by Crippen LogP contribution is 1.96. The van der Waals surface area contributed by atoms with Crippen molar-refractivity contribution in [1.29, 1.82) is 0 Å². The van der Waals surface area contributed by atoms with E-state index >= 15 is 0 Å². The van der Waals surface area contributed by atoms with E-state index in [0.29, 0.717) is 5.75 Å². The molecular weight excluding hydrogens is 251 g/mol. The first-order chi connectivity index (χ1) is 4.06. The summed E-state index contributed by atoms with van der Waals surface area (Å²) >= 11 is 2.24. The maximum Gasteiger partial charge on any atom is 0.147 e. The first kappa shape index (κ1) is 9.68. The Balaban J connectivity index is 3.30. The quantitative estimate of drug-likeness (QED) is 0.434. The molecule has 0 radical (unpaired) electrons. The Morgan fingerprint density at radius 3 is 2.22 bits per heavy atom. The summed E-state index contributed by atoms with van der Waals surface area (Å²) < 4.78 is 22.1. The molecule has 0 aromatic carbocycles. The van der Waals surface area contributed by atoms with E-state index < -0.39 is 9.84 Å². The molecule has 0 amide bonds. The normalized spacial score (nSPS) is 11.8. The van der Waals surface area contributed by atoms with Crippen molar-refractivity contribution >= 4 is 32.4 Å². The molecule has 0 bridgehead atoms. The van der Waals surface area contributed by atoms with Gasteiger partial charge in [0, 0.05) is 12.0 Å². The fourth-order valence-corrected chi connectivity index (χ4v) is 1.73. The Kier molecular flexibility index (Phi) is 4.83. The number of sulfone groups is 1. The summed E-state index contributed by atoms with van der Waals surface area (Å²) in [6.07, 6.45) is 3.09. The molecular formula is C5H11IO2S. The van der Waals surface area contributed by atoms with Crippen molar-refractivity contribution in [3.63, 3.8) is 0 Å². The zero-order chi connectivity index (χ0) is 7.33. The fourth-order valence-electron chi connectivity index (χ4n) is 0.459. The lowest BCUT2D eigenvalue weighted by molar-refractivity contribution is 0.599. The average Bonchev–Trinajstić information content (AvgIpc) is 1.63. The van der Waals surface area contributed by atoms with Crippen molar-refractivity contribution < 1.29 is 8.42 Å². The molecule has 0 aliphatic rings. The number of unbranched alkanes of at least 4 members (excludes halogenated alkanes) is 1. The molecule has 56 valence electrons. The maximum atomic E-state index is 10.5. The first-order valence-electron chi connectivity index (χ1n) is 2.80. The van der Waals surface area contributed by atoms with Crippen LogP contribution in [-0.4, -0.2) is 24.9 Å². The fraction of sp³-hybridized carbons (Fsp3) is 1.00. The Labute approximate surface area is 70.1 Å². The van der Waals surface area contributed by atoms with Crippen molar-refractivity contribution in [2.75, 3.05) is 16.4 Å². The van der Waals surface area contributed by atoms with Gasteiger partial charge in [0.1, 0.15) is 9.84 Å². The molecule has 4 heteroatoms. The van der Waals surface area contributed by atoms with Crippen LogP contribution in [0.5, 0.6) is 0 Å². The third-order valence-electron chi connectivity index (χ3n) is 0.899. The maximum absolute atomic E-state index is 10.5. The lowest BCUT2D eigenvalue weighted by Gasteiger charge is -1.93. The van der Waals surface area contributed by atoms with Gasteiger partial charge in [-0.3, -0.25) is 0 Å². The van der Waals surface area contributed by atoms with Gasteiger partial charge in [-0.25, -0.2) is 8.42 Å². The second-order valence-electron chi connectivity index (χ2n) is 2.03. The molecule has 0 saturated carbocycles. The van der Waals surface area contributed by atoms with E-state index in [2.05, 4.69) is 22.6 Å². The first-order valence-corrected chi connectivity index (χ1v) is 6.38. The van der Waals surface area contributed by atoms with Gasteiger partial charge in [-0.1, -0.05) is 22.6 Å². The molecule has 0 aromatic rings. The van der Waals surface area contributed by atoms with Gasteiger partial charge in [-0.15, -0.1) is 0 Å². The van der Waals surface area contributed by atoms with Crippen LogP contribution in [0.4, 0.5) is 0 Å². The minimum absolute atomic E-state index is 0.343. The highest BCUT2D eigenvalue weighted by Gasteiger charge is 1.99. The van der Waals surface area contributed by atoms with Crippen LogP contribution in [0, 0.1) is 0 Å². The summed E-state index contributed by atoms with van der Waals surface area (Å²) in [7, 11) is -2.70. The minimum Gasteiger partial charge on any atom is -0.229 e. The molecule has 0 N–H and O–H groups in total. The standard InChI is InChI=1S/C5H11IO2S/c1-9(7,8)5-3-2-4-6/h2-5H2,1H3. The van der Waals surface area contributed by atoms with Crippen LogP contribution in [0.25, 0.3) is 0 Å². The van der Waals surface area contributed by atoms with Gasteiger partial charge < -0.3 is 0 Å². The number of hydrogen-bond acceptors (Lipinski definition) is 2. The predicted octanol–water partition coefficient (Wildman–Crippen LogP) is 1.25. The van der Waals surface area contributed by atoms with Crippen molar-refractivity contribution in [2.24, 2.45) is 0 Å². The Morgan fingerprint density at radius 2 is 1.89 bits per heavy atom. The Morgan fingerprint density at radius 1 is 1.33 bits per heavy atom. The van der Waals surface area contributed by atoms with Gasteiger partial charge in [0.25, 0.3) is 0 Å². The average molecular weight is 262 g/mol. The van der Waals surface area contributed by atoms with E-state index in [1.165, 1.54) is 6.26 Å². The lowest BCUT2D eigenvalue weighted by Crippen LogP contribution is -2.02. The smallest absolute Gasteiger partial charge is 0.147 e. The van der Waals surface area contributed by atoms with E-state index in [1.54, 1.807) is 0 Å². The molecule has 9 heavy (non-hydrogen) atoms. The van der Waals surface area contributed by atoms with E-state index in [4.69, 9.17) is 0 Å². The summed E-state index contributed by atoms with van der Waals surface area (Å²) in [5.74, 6) is 0.343. The van der Waals surface area contributed by atoms with Crippen LogP contribution < -0.4 is 0 Å². The SMILES string of the molecule is CS(=O)(=O)CCCCI. The molecule has 0 saturated heterocycles. The zero-order valence-electron chi connectivity index (χ0n) is 5.43. The Hall–Kier alpha value is 0.680. The van der Waals surface area contributed by atoms with Gasteiger partial charge in [-0.2, -0.15) is 0 Å². The molecule has 0 spiro atoms. The Bertz CT molecular complexity index is 150. The van der Waals surface area contributed by atoms with Crippen LogP contribution in [0.15, 0.2) is 0 Å². The van der Waals surface area contributed by atoms with Crippen LogP contribution in [0.2, 0.25) is 0 Å². The summed E-state index contributed by atoms with van der Waals surface area (Å²) in [4.78, 5) is 0. The van der Waals surface area contributed by atoms with Gasteiger partial charge in [0.15, 0.2) is 0 Å². The summed E-state index contributed by atoms with van der Waals surface area (Å²) in [5, 5.41) is 0. The zero-order valence-corrected chi connectivity index (χ0v) is 8.41. The monoisotopic (exact) mass is 262 g/mol. The third-order valence-corrected chi connectivity index (χ3v) is 2.69. The molecule has 0 atom stereocenters. The molecule has 0 heterocycles. The molecule has 0 fully saturated rings. The minimum atomic E-state index is -2.70. The van der Waals surface area contributed by atoms with Gasteiger partial charge in [0.2, 0.25) is 0 Å². The largest absolute Gasteiger partial charge is 0.229 e. The second-order valence-corrected chi connectivity index (χ2v) is 5.36. The molecule has 2 nitrogen and oxygen atoms in total. The molecule has 0 aliphatic heterocycles. The van der Waals surface area contributed by atoms with Gasteiger partial charge in [0.05, 0.1) is 0 Å². The topological polar surface area (TPSA) is 34.1 Å². The molecule has 0 rings (SSSR count). The van der Waals surface area contributed by atoms with E-state index in [-0.39, 0.29) is 0 Å². The van der Waals surface area contributed by atoms with Crippen molar-refractivity contribution in [2.45, 2.75) is 12.8 Å². The van der Waals surface area contributed by atoms with Crippen LogP contribution in [0.1, 0.15) is 12.8 Å². The summed E-state index contributed by atoms with van der Waals surface area (Å²) in [6.45, 7) is 0. The van der Waals surface area contributed by atoms with Crippen molar-refractivity contribution in [3.05, 3.63) is 0 Å². The van der Waals surface area contributed by atoms with Crippen LogP contribution in [0.3, 0.4) is 0 Å². The van der Waals surface area contributed by atoms with Crippen molar-refractivity contribution in [1.82, 2.24) is 0 Å².